The first-order chi connectivity index (χ1) is 7.09. The van der Waals surface area contributed by atoms with Crippen LogP contribution in [0.4, 0.5) is 0 Å². The molecule has 0 heterocycles. The van der Waals surface area contributed by atoms with E-state index < -0.39 is 0 Å². The largest absolute Gasteiger partial charge is 0.504 e. The van der Waals surface area contributed by atoms with Crippen LogP contribution in [0.3, 0.4) is 0 Å². The molecule has 2 rings (SSSR count). The Morgan fingerprint density at radius 1 is 1.27 bits per heavy atom. The predicted octanol–water partition coefficient (Wildman–Crippen LogP) is 1.52. The summed E-state index contributed by atoms with van der Waals surface area (Å²) in [6, 6.07) is 3.95. The molecule has 15 heavy (non-hydrogen) atoms. The highest BCUT2D eigenvalue weighted by Crippen LogP contribution is 2.36. The lowest BCUT2D eigenvalue weighted by Gasteiger charge is -2.30. The van der Waals surface area contributed by atoms with E-state index in [4.69, 9.17) is 0 Å². The molecule has 0 fully saturated rings. The van der Waals surface area contributed by atoms with Crippen LogP contribution in [0.1, 0.15) is 17.5 Å². The van der Waals surface area contributed by atoms with Crippen molar-refractivity contribution < 1.29 is 10.2 Å². The molecule has 82 valence electrons. The molecule has 0 saturated heterocycles. The van der Waals surface area contributed by atoms with Crippen LogP contribution >= 0.6 is 0 Å². The fourth-order valence-electron chi connectivity index (χ4n) is 2.23. The van der Waals surface area contributed by atoms with Gasteiger partial charge in [0.1, 0.15) is 0 Å². The minimum atomic E-state index is -0.00634. The Kier molecular flexibility index (Phi) is 2.57. The zero-order valence-corrected chi connectivity index (χ0v) is 9.20. The van der Waals surface area contributed by atoms with Gasteiger partial charge in [-0.05, 0) is 45.0 Å². The lowest BCUT2D eigenvalue weighted by Crippen LogP contribution is -2.33. The molecule has 1 aromatic rings. The average molecular weight is 207 g/mol. The standard InChI is InChI=1S/C12H17NO2/c1-13(2)9-5-3-8-4-6-11(14)12(15)10(8)7-9/h4,6,9,14-15H,3,5,7H2,1-2H3. The van der Waals surface area contributed by atoms with E-state index in [1.165, 1.54) is 5.56 Å². The van der Waals surface area contributed by atoms with Crippen LogP contribution in [0.15, 0.2) is 12.1 Å². The van der Waals surface area contributed by atoms with E-state index in [2.05, 4.69) is 19.0 Å². The maximum atomic E-state index is 9.77. The van der Waals surface area contributed by atoms with Gasteiger partial charge in [0.15, 0.2) is 11.5 Å². The van der Waals surface area contributed by atoms with Crippen molar-refractivity contribution in [1.82, 2.24) is 4.90 Å². The van der Waals surface area contributed by atoms with Gasteiger partial charge in [-0.3, -0.25) is 0 Å². The third-order valence-corrected chi connectivity index (χ3v) is 3.28. The monoisotopic (exact) mass is 207 g/mol. The highest BCUT2D eigenvalue weighted by atomic mass is 16.3. The number of nitrogens with zero attached hydrogens (tertiary/aromatic N) is 1. The molecular weight excluding hydrogens is 190 g/mol. The molecule has 1 atom stereocenters. The third-order valence-electron chi connectivity index (χ3n) is 3.28. The van der Waals surface area contributed by atoms with Crippen LogP contribution in [0.2, 0.25) is 0 Å². The summed E-state index contributed by atoms with van der Waals surface area (Å²) < 4.78 is 0. The van der Waals surface area contributed by atoms with E-state index >= 15 is 0 Å². The first-order valence-electron chi connectivity index (χ1n) is 5.28. The van der Waals surface area contributed by atoms with Crippen LogP contribution < -0.4 is 0 Å². The van der Waals surface area contributed by atoms with Gasteiger partial charge in [0, 0.05) is 11.6 Å². The van der Waals surface area contributed by atoms with Crippen molar-refractivity contribution in [3.8, 4) is 11.5 Å². The number of hydrogen-bond donors (Lipinski definition) is 2. The number of phenols is 2. The molecule has 1 aliphatic rings. The normalized spacial score (nSPS) is 20.3. The first kappa shape index (κ1) is 10.3. The van der Waals surface area contributed by atoms with Crippen LogP contribution in [0, 0.1) is 0 Å². The maximum absolute atomic E-state index is 9.77. The molecule has 0 radical (unpaired) electrons. The fourth-order valence-corrected chi connectivity index (χ4v) is 2.23. The van der Waals surface area contributed by atoms with E-state index in [0.29, 0.717) is 6.04 Å². The molecule has 2 N–H and O–H groups in total. The van der Waals surface area contributed by atoms with E-state index in [0.717, 1.165) is 24.8 Å². The topological polar surface area (TPSA) is 43.7 Å². The average Bonchev–Trinajstić information content (AvgIpc) is 2.23. The molecule has 0 saturated carbocycles. The Hall–Kier alpha value is -1.22. The smallest absolute Gasteiger partial charge is 0.161 e. The number of benzene rings is 1. The minimum Gasteiger partial charge on any atom is -0.504 e. The zero-order valence-electron chi connectivity index (χ0n) is 9.20. The van der Waals surface area contributed by atoms with Crippen molar-refractivity contribution >= 4 is 0 Å². The molecule has 0 aromatic heterocycles. The van der Waals surface area contributed by atoms with Crippen molar-refractivity contribution in [2.45, 2.75) is 25.3 Å². The first-order valence-corrected chi connectivity index (χ1v) is 5.28. The summed E-state index contributed by atoms with van der Waals surface area (Å²) in [6.45, 7) is 0. The lowest BCUT2D eigenvalue weighted by molar-refractivity contribution is 0.264. The quantitative estimate of drug-likeness (QED) is 0.686. The Bertz CT molecular complexity index is 374. The lowest BCUT2D eigenvalue weighted by atomic mass is 9.87. The van der Waals surface area contributed by atoms with Gasteiger partial charge >= 0.3 is 0 Å². The number of likely N-dealkylation sites (N-methyl/N-ethyl adjacent to an activating group) is 1. The molecule has 1 aromatic carbocycles. The summed E-state index contributed by atoms with van der Waals surface area (Å²) in [5, 5.41) is 19.2. The second kappa shape index (κ2) is 3.74. The maximum Gasteiger partial charge on any atom is 0.161 e. The summed E-state index contributed by atoms with van der Waals surface area (Å²) >= 11 is 0. The van der Waals surface area contributed by atoms with Crippen LogP contribution in [-0.2, 0) is 12.8 Å². The number of hydrogen-bond acceptors (Lipinski definition) is 3. The van der Waals surface area contributed by atoms with Gasteiger partial charge in [-0.2, -0.15) is 0 Å². The van der Waals surface area contributed by atoms with Gasteiger partial charge in [-0.25, -0.2) is 0 Å². The third kappa shape index (κ3) is 1.79. The zero-order chi connectivity index (χ0) is 11.0. The second-order valence-corrected chi connectivity index (χ2v) is 4.43. The Morgan fingerprint density at radius 3 is 2.67 bits per heavy atom. The number of fused-ring (bicyclic) bond motifs is 1. The molecule has 1 unspecified atom stereocenters. The molecule has 0 aliphatic heterocycles. The van der Waals surface area contributed by atoms with Crippen LogP contribution in [0.25, 0.3) is 0 Å². The Morgan fingerprint density at radius 2 is 2.00 bits per heavy atom. The van der Waals surface area contributed by atoms with Gasteiger partial charge in [-0.15, -0.1) is 0 Å². The van der Waals surface area contributed by atoms with Gasteiger partial charge in [0.2, 0.25) is 0 Å². The van der Waals surface area contributed by atoms with Gasteiger partial charge in [-0.1, -0.05) is 6.07 Å². The summed E-state index contributed by atoms with van der Waals surface area (Å²) in [5.41, 5.74) is 2.09. The highest BCUT2D eigenvalue weighted by Gasteiger charge is 2.23. The van der Waals surface area contributed by atoms with E-state index in [1.54, 1.807) is 6.07 Å². The van der Waals surface area contributed by atoms with Gasteiger partial charge in [0.25, 0.3) is 0 Å². The predicted molar refractivity (Wildman–Crippen MR) is 59.3 cm³/mol. The van der Waals surface area contributed by atoms with E-state index in [9.17, 15) is 10.2 Å². The molecule has 1 aliphatic carbocycles. The number of rotatable bonds is 1. The summed E-state index contributed by atoms with van der Waals surface area (Å²) in [7, 11) is 4.10. The van der Waals surface area contributed by atoms with Gasteiger partial charge in [0.05, 0.1) is 0 Å². The van der Waals surface area contributed by atoms with Gasteiger partial charge < -0.3 is 15.1 Å². The molecule has 3 nitrogen and oxygen atoms in total. The van der Waals surface area contributed by atoms with E-state index in [1.807, 2.05) is 6.07 Å². The second-order valence-electron chi connectivity index (χ2n) is 4.43. The Balaban J connectivity index is 2.35. The molecule has 3 heteroatoms. The molecule has 0 spiro atoms. The molecular formula is C12H17NO2. The van der Waals surface area contributed by atoms with Crippen molar-refractivity contribution in [3.05, 3.63) is 23.3 Å². The fraction of sp³-hybridized carbons (Fsp3) is 0.500. The van der Waals surface area contributed by atoms with E-state index in [-0.39, 0.29) is 11.5 Å². The minimum absolute atomic E-state index is 0.00634. The van der Waals surface area contributed by atoms with Crippen LogP contribution in [0.5, 0.6) is 11.5 Å². The highest BCUT2D eigenvalue weighted by molar-refractivity contribution is 5.50. The summed E-state index contributed by atoms with van der Waals surface area (Å²) in [4.78, 5) is 2.17. The molecule has 0 bridgehead atoms. The van der Waals surface area contributed by atoms with Crippen LogP contribution in [-0.4, -0.2) is 35.3 Å². The van der Waals surface area contributed by atoms with Crippen molar-refractivity contribution in [1.29, 1.82) is 0 Å². The number of aromatic hydroxyl groups is 2. The van der Waals surface area contributed by atoms with Crippen molar-refractivity contribution in [3.63, 3.8) is 0 Å². The molecule has 0 amide bonds. The van der Waals surface area contributed by atoms with Crippen molar-refractivity contribution in [2.75, 3.05) is 14.1 Å². The summed E-state index contributed by atoms with van der Waals surface area (Å²) in [6.07, 6.45) is 2.92. The summed E-state index contributed by atoms with van der Waals surface area (Å²) in [5.74, 6) is 0.0622. The van der Waals surface area contributed by atoms with Crippen molar-refractivity contribution in [2.24, 2.45) is 0 Å². The SMILES string of the molecule is CN(C)C1CCc2ccc(O)c(O)c2C1. The Labute approximate surface area is 90.0 Å². The number of phenolic OH excluding ortho intramolecular Hbond substituents is 2. The number of aryl methyl sites for hydroxylation is 1.